The van der Waals surface area contributed by atoms with Gasteiger partial charge >= 0.3 is 5.97 Å². The number of ether oxygens (including phenoxy) is 1. The number of esters is 1. The van der Waals surface area contributed by atoms with Gasteiger partial charge in [-0.05, 0) is 50.2 Å². The summed E-state index contributed by atoms with van der Waals surface area (Å²) in [5, 5.41) is 7.11. The third kappa shape index (κ3) is 5.85. The van der Waals surface area contributed by atoms with Crippen molar-refractivity contribution in [2.75, 3.05) is 5.32 Å². The van der Waals surface area contributed by atoms with E-state index in [1.54, 1.807) is 36.4 Å². The number of aryl methyl sites for hydroxylation is 1. The lowest BCUT2D eigenvalue weighted by molar-refractivity contribution is -0.123. The fraction of sp³-hybridized carbons (Fsp3) is 0.190. The standard InChI is InChI=1S/C21H19ClN2O4S/c1-13-11-17(28-24-13)12-29-19-6-4-3-5-18(19)21(26)27-14(2)20(25)23-16-9-7-15(22)8-10-16/h3-11,14H,12H2,1-2H3,(H,23,25). The summed E-state index contributed by atoms with van der Waals surface area (Å²) >= 11 is 7.27. The predicted molar refractivity (Wildman–Crippen MR) is 112 cm³/mol. The van der Waals surface area contributed by atoms with Crippen molar-refractivity contribution in [3.63, 3.8) is 0 Å². The van der Waals surface area contributed by atoms with Crippen LogP contribution < -0.4 is 5.32 Å². The first-order valence-corrected chi connectivity index (χ1v) is 10.2. The third-order valence-corrected chi connectivity index (χ3v) is 5.27. The topological polar surface area (TPSA) is 81.4 Å². The third-order valence-electron chi connectivity index (χ3n) is 3.92. The Hall–Kier alpha value is -2.77. The maximum absolute atomic E-state index is 12.6. The number of carbonyl (C=O) groups is 2. The molecule has 0 saturated heterocycles. The van der Waals surface area contributed by atoms with Crippen LogP contribution in [0.3, 0.4) is 0 Å². The summed E-state index contributed by atoms with van der Waals surface area (Å²) in [5.74, 6) is 0.243. The zero-order valence-corrected chi connectivity index (χ0v) is 17.4. The number of aromatic nitrogens is 1. The molecule has 0 spiro atoms. The lowest BCUT2D eigenvalue weighted by Crippen LogP contribution is -2.30. The molecular formula is C21H19ClN2O4S. The molecule has 0 aliphatic rings. The van der Waals surface area contributed by atoms with Crippen molar-refractivity contribution in [3.05, 3.63) is 76.6 Å². The molecular weight excluding hydrogens is 412 g/mol. The molecule has 1 N–H and O–H groups in total. The van der Waals surface area contributed by atoms with Crippen molar-refractivity contribution in [1.82, 2.24) is 5.16 Å². The minimum absolute atomic E-state index is 0.389. The second-order valence-electron chi connectivity index (χ2n) is 6.26. The quantitative estimate of drug-likeness (QED) is 0.414. The Labute approximate surface area is 177 Å². The number of halogens is 1. The van der Waals surface area contributed by atoms with Crippen molar-refractivity contribution < 1.29 is 18.8 Å². The van der Waals surface area contributed by atoms with Crippen molar-refractivity contribution in [3.8, 4) is 0 Å². The van der Waals surface area contributed by atoms with Crippen molar-refractivity contribution in [2.24, 2.45) is 0 Å². The van der Waals surface area contributed by atoms with Crippen LogP contribution in [-0.4, -0.2) is 23.1 Å². The molecule has 0 aliphatic carbocycles. The molecule has 29 heavy (non-hydrogen) atoms. The monoisotopic (exact) mass is 430 g/mol. The van der Waals surface area contributed by atoms with Crippen LogP contribution in [0.5, 0.6) is 0 Å². The average Bonchev–Trinajstić information content (AvgIpc) is 3.13. The molecule has 1 heterocycles. The number of hydrogen-bond donors (Lipinski definition) is 1. The highest BCUT2D eigenvalue weighted by Crippen LogP contribution is 2.27. The van der Waals surface area contributed by atoms with Gasteiger partial charge in [0.1, 0.15) is 5.76 Å². The summed E-state index contributed by atoms with van der Waals surface area (Å²) in [4.78, 5) is 25.7. The summed E-state index contributed by atoms with van der Waals surface area (Å²) in [6.07, 6.45) is -0.965. The molecule has 0 aliphatic heterocycles. The molecule has 1 aromatic heterocycles. The van der Waals surface area contributed by atoms with Crippen LogP contribution in [0.2, 0.25) is 5.02 Å². The van der Waals surface area contributed by atoms with Gasteiger partial charge in [0.25, 0.3) is 5.91 Å². The fourth-order valence-corrected chi connectivity index (χ4v) is 3.49. The highest BCUT2D eigenvalue weighted by Gasteiger charge is 2.21. The van der Waals surface area contributed by atoms with Crippen LogP contribution in [0.15, 0.2) is 64.0 Å². The predicted octanol–water partition coefficient (Wildman–Crippen LogP) is 5.11. The minimum atomic E-state index is -0.965. The van der Waals surface area contributed by atoms with E-state index in [1.807, 2.05) is 25.1 Å². The van der Waals surface area contributed by atoms with Gasteiger partial charge in [0.15, 0.2) is 6.10 Å². The molecule has 1 unspecified atom stereocenters. The molecule has 0 bridgehead atoms. The zero-order valence-electron chi connectivity index (χ0n) is 15.8. The van der Waals surface area contributed by atoms with Crippen LogP contribution in [0.25, 0.3) is 0 Å². The Morgan fingerprint density at radius 2 is 1.93 bits per heavy atom. The number of amides is 1. The molecule has 1 atom stereocenters. The number of thioether (sulfide) groups is 1. The minimum Gasteiger partial charge on any atom is -0.449 e. The van der Waals surface area contributed by atoms with E-state index < -0.39 is 18.0 Å². The fourth-order valence-electron chi connectivity index (χ4n) is 2.45. The first kappa shape index (κ1) is 21.0. The number of benzene rings is 2. The number of anilines is 1. The SMILES string of the molecule is Cc1cc(CSc2ccccc2C(=O)OC(C)C(=O)Nc2ccc(Cl)cc2)on1. The summed E-state index contributed by atoms with van der Waals surface area (Å²) < 4.78 is 10.6. The van der Waals surface area contributed by atoms with Crippen molar-refractivity contribution >= 4 is 40.9 Å². The van der Waals surface area contributed by atoms with Gasteiger partial charge in [-0.15, -0.1) is 11.8 Å². The number of carbonyl (C=O) groups excluding carboxylic acids is 2. The number of nitrogens with one attached hydrogen (secondary N) is 1. The Balaban J connectivity index is 1.62. The van der Waals surface area contributed by atoms with E-state index in [0.29, 0.717) is 27.8 Å². The zero-order chi connectivity index (χ0) is 20.8. The smallest absolute Gasteiger partial charge is 0.340 e. The van der Waals surface area contributed by atoms with Gasteiger partial charge in [0.2, 0.25) is 0 Å². The number of hydrogen-bond acceptors (Lipinski definition) is 6. The Morgan fingerprint density at radius 3 is 2.62 bits per heavy atom. The van der Waals surface area contributed by atoms with Crippen LogP contribution in [0.1, 0.15) is 28.7 Å². The largest absolute Gasteiger partial charge is 0.449 e. The Bertz CT molecular complexity index is 1000. The first-order chi connectivity index (χ1) is 13.9. The van der Waals surface area contributed by atoms with Gasteiger partial charge in [-0.25, -0.2) is 4.79 Å². The highest BCUT2D eigenvalue weighted by molar-refractivity contribution is 7.98. The average molecular weight is 431 g/mol. The van der Waals surface area contributed by atoms with E-state index >= 15 is 0 Å². The Morgan fingerprint density at radius 1 is 1.21 bits per heavy atom. The van der Waals surface area contributed by atoms with Gasteiger partial charge in [-0.1, -0.05) is 28.9 Å². The second-order valence-corrected chi connectivity index (χ2v) is 7.72. The van der Waals surface area contributed by atoms with Crippen LogP contribution >= 0.6 is 23.4 Å². The van der Waals surface area contributed by atoms with E-state index in [1.165, 1.54) is 18.7 Å². The maximum atomic E-state index is 12.6. The van der Waals surface area contributed by atoms with E-state index in [4.69, 9.17) is 20.9 Å². The molecule has 2 aromatic carbocycles. The molecule has 6 nitrogen and oxygen atoms in total. The van der Waals surface area contributed by atoms with Gasteiger partial charge in [-0.3, -0.25) is 4.79 Å². The lowest BCUT2D eigenvalue weighted by atomic mass is 10.2. The summed E-state index contributed by atoms with van der Waals surface area (Å²) in [7, 11) is 0. The van der Waals surface area contributed by atoms with Crippen LogP contribution in [0, 0.1) is 6.92 Å². The van der Waals surface area contributed by atoms with Gasteiger partial charge < -0.3 is 14.6 Å². The highest BCUT2D eigenvalue weighted by atomic mass is 35.5. The van der Waals surface area contributed by atoms with E-state index in [9.17, 15) is 9.59 Å². The first-order valence-electron chi connectivity index (χ1n) is 8.84. The molecule has 0 radical (unpaired) electrons. The summed E-state index contributed by atoms with van der Waals surface area (Å²) in [6.45, 7) is 3.37. The van der Waals surface area contributed by atoms with E-state index in [-0.39, 0.29) is 0 Å². The molecule has 8 heteroatoms. The molecule has 3 rings (SSSR count). The van der Waals surface area contributed by atoms with Crippen molar-refractivity contribution in [2.45, 2.75) is 30.6 Å². The van der Waals surface area contributed by atoms with Crippen molar-refractivity contribution in [1.29, 1.82) is 0 Å². The molecule has 150 valence electrons. The number of rotatable bonds is 7. The van der Waals surface area contributed by atoms with Gasteiger partial charge in [-0.2, -0.15) is 0 Å². The number of nitrogens with zero attached hydrogens (tertiary/aromatic N) is 1. The second kappa shape index (κ2) is 9.62. The Kier molecular flexibility index (Phi) is 6.95. The van der Waals surface area contributed by atoms with Crippen LogP contribution in [-0.2, 0) is 15.3 Å². The van der Waals surface area contributed by atoms with Crippen LogP contribution in [0.4, 0.5) is 5.69 Å². The molecule has 1 amide bonds. The van der Waals surface area contributed by atoms with Gasteiger partial charge in [0, 0.05) is 21.7 Å². The molecule has 0 saturated carbocycles. The maximum Gasteiger partial charge on any atom is 0.340 e. The summed E-state index contributed by atoms with van der Waals surface area (Å²) in [5.41, 5.74) is 1.76. The van der Waals surface area contributed by atoms with E-state index in [2.05, 4.69) is 10.5 Å². The molecule has 0 fully saturated rings. The van der Waals surface area contributed by atoms with E-state index in [0.717, 1.165) is 10.6 Å². The normalized spacial score (nSPS) is 11.7. The molecule has 3 aromatic rings. The van der Waals surface area contributed by atoms with Gasteiger partial charge in [0.05, 0.1) is 17.0 Å². The lowest BCUT2D eigenvalue weighted by Gasteiger charge is -2.15. The summed E-state index contributed by atoms with van der Waals surface area (Å²) in [6, 6.07) is 15.6.